The molecule has 0 aliphatic rings. The van der Waals surface area contributed by atoms with Gasteiger partial charge in [-0.15, -0.1) is 11.3 Å². The summed E-state index contributed by atoms with van der Waals surface area (Å²) in [7, 11) is 3.29. The summed E-state index contributed by atoms with van der Waals surface area (Å²) >= 11 is 1.66. The van der Waals surface area contributed by atoms with Gasteiger partial charge in [-0.3, -0.25) is 9.59 Å². The maximum Gasteiger partial charge on any atom is 0.306 e. The number of nitrogens with zero attached hydrogens (tertiary/aromatic N) is 1. The van der Waals surface area contributed by atoms with Gasteiger partial charge < -0.3 is 14.6 Å². The number of aromatic nitrogens is 1. The Labute approximate surface area is 163 Å². The van der Waals surface area contributed by atoms with Crippen LogP contribution in [0.3, 0.4) is 0 Å². The highest BCUT2D eigenvalue weighted by molar-refractivity contribution is 7.13. The SMILES string of the molecule is Cc1ccc2[nH]c(-c3cccs3)c(CCC(=O)O[C@@H](C)C(=O)N(C)C)c2c1. The molecule has 2 heterocycles. The van der Waals surface area contributed by atoms with E-state index in [0.717, 1.165) is 27.0 Å². The summed E-state index contributed by atoms with van der Waals surface area (Å²) < 4.78 is 5.30. The molecule has 1 N–H and O–H groups in total. The molecule has 0 unspecified atom stereocenters. The number of esters is 1. The molecule has 142 valence electrons. The lowest BCUT2D eigenvalue weighted by Gasteiger charge is -2.17. The van der Waals surface area contributed by atoms with E-state index in [1.807, 2.05) is 11.4 Å². The highest BCUT2D eigenvalue weighted by Crippen LogP contribution is 2.34. The Kier molecular flexibility index (Phi) is 5.65. The van der Waals surface area contributed by atoms with Gasteiger partial charge in [-0.1, -0.05) is 17.7 Å². The summed E-state index contributed by atoms with van der Waals surface area (Å²) in [5.41, 5.74) is 4.40. The number of amides is 1. The number of H-pyrrole nitrogens is 1. The van der Waals surface area contributed by atoms with Crippen LogP contribution in [0.25, 0.3) is 21.5 Å². The second-order valence-corrected chi connectivity index (χ2v) is 7.82. The molecule has 0 spiro atoms. The topological polar surface area (TPSA) is 62.4 Å². The molecule has 3 rings (SSSR count). The normalized spacial score (nSPS) is 12.1. The molecule has 1 amide bonds. The fraction of sp³-hybridized carbons (Fsp3) is 0.333. The van der Waals surface area contributed by atoms with Crippen molar-refractivity contribution in [3.8, 4) is 10.6 Å². The van der Waals surface area contributed by atoms with Crippen LogP contribution in [-0.2, 0) is 20.7 Å². The molecule has 0 radical (unpaired) electrons. The van der Waals surface area contributed by atoms with Gasteiger partial charge in [-0.25, -0.2) is 0 Å². The van der Waals surface area contributed by atoms with Crippen LogP contribution in [0, 0.1) is 6.92 Å². The molecule has 0 bridgehead atoms. The summed E-state index contributed by atoms with van der Waals surface area (Å²) in [6, 6.07) is 10.4. The number of likely N-dealkylation sites (N-methyl/N-ethyl adjacent to an activating group) is 1. The van der Waals surface area contributed by atoms with Gasteiger partial charge in [0.15, 0.2) is 6.10 Å². The summed E-state index contributed by atoms with van der Waals surface area (Å²) in [5.74, 6) is -0.581. The van der Waals surface area contributed by atoms with E-state index < -0.39 is 6.10 Å². The minimum Gasteiger partial charge on any atom is -0.453 e. The molecular formula is C21H24N2O3S. The van der Waals surface area contributed by atoms with E-state index in [0.29, 0.717) is 6.42 Å². The lowest BCUT2D eigenvalue weighted by Crippen LogP contribution is -2.34. The van der Waals surface area contributed by atoms with Crippen molar-refractivity contribution in [2.75, 3.05) is 14.1 Å². The predicted molar refractivity (Wildman–Crippen MR) is 109 cm³/mol. The van der Waals surface area contributed by atoms with Crippen LogP contribution in [0.15, 0.2) is 35.7 Å². The fourth-order valence-corrected chi connectivity index (χ4v) is 3.90. The largest absolute Gasteiger partial charge is 0.453 e. The van der Waals surface area contributed by atoms with Gasteiger partial charge in [-0.05, 0) is 49.4 Å². The number of carbonyl (C=O) groups excluding carboxylic acids is 2. The third-order valence-electron chi connectivity index (χ3n) is 4.51. The molecule has 6 heteroatoms. The van der Waals surface area contributed by atoms with Crippen molar-refractivity contribution in [1.29, 1.82) is 0 Å². The summed E-state index contributed by atoms with van der Waals surface area (Å²) in [6.07, 6.45) is 0.0115. The molecule has 27 heavy (non-hydrogen) atoms. The second-order valence-electron chi connectivity index (χ2n) is 6.87. The summed E-state index contributed by atoms with van der Waals surface area (Å²) in [5, 5.41) is 3.17. The van der Waals surface area contributed by atoms with Crippen LogP contribution in [0.4, 0.5) is 0 Å². The van der Waals surface area contributed by atoms with Crippen LogP contribution in [0.2, 0.25) is 0 Å². The van der Waals surface area contributed by atoms with Crippen molar-refractivity contribution in [2.45, 2.75) is 32.8 Å². The molecule has 0 aliphatic carbocycles. The Morgan fingerprint density at radius 2 is 2.04 bits per heavy atom. The number of aryl methyl sites for hydroxylation is 2. The van der Waals surface area contributed by atoms with Gasteiger partial charge in [0.05, 0.1) is 10.6 Å². The first-order valence-electron chi connectivity index (χ1n) is 8.92. The molecule has 1 atom stereocenters. The Bertz CT molecular complexity index is 957. The molecule has 0 fully saturated rings. The van der Waals surface area contributed by atoms with Crippen molar-refractivity contribution in [1.82, 2.24) is 9.88 Å². The van der Waals surface area contributed by atoms with Gasteiger partial charge in [-0.2, -0.15) is 0 Å². The molecule has 0 saturated heterocycles. The number of benzene rings is 1. The zero-order chi connectivity index (χ0) is 19.6. The van der Waals surface area contributed by atoms with Gasteiger partial charge in [0.1, 0.15) is 0 Å². The first kappa shape index (κ1) is 19.2. The number of ether oxygens (including phenoxy) is 1. The lowest BCUT2D eigenvalue weighted by molar-refractivity contribution is -0.157. The number of rotatable bonds is 6. The average molecular weight is 385 g/mol. The quantitative estimate of drug-likeness (QED) is 0.649. The highest BCUT2D eigenvalue weighted by atomic mass is 32.1. The molecular weight excluding hydrogens is 360 g/mol. The third kappa shape index (κ3) is 4.22. The smallest absolute Gasteiger partial charge is 0.306 e. The highest BCUT2D eigenvalue weighted by Gasteiger charge is 2.21. The molecule has 0 aliphatic heterocycles. The zero-order valence-corrected chi connectivity index (χ0v) is 16.9. The molecule has 1 aromatic carbocycles. The molecule has 3 aromatic rings. The Balaban J connectivity index is 1.81. The van der Waals surface area contributed by atoms with E-state index >= 15 is 0 Å². The first-order chi connectivity index (χ1) is 12.9. The van der Waals surface area contributed by atoms with Gasteiger partial charge >= 0.3 is 5.97 Å². The van der Waals surface area contributed by atoms with E-state index in [1.54, 1.807) is 32.4 Å². The molecule has 0 saturated carbocycles. The number of aromatic amines is 1. The van der Waals surface area contributed by atoms with Crippen molar-refractivity contribution >= 4 is 34.1 Å². The predicted octanol–water partition coefficient (Wildman–Crippen LogP) is 4.16. The Morgan fingerprint density at radius 1 is 1.26 bits per heavy atom. The van der Waals surface area contributed by atoms with E-state index in [2.05, 4.69) is 36.2 Å². The van der Waals surface area contributed by atoms with Gasteiger partial charge in [0.25, 0.3) is 5.91 Å². The summed E-state index contributed by atoms with van der Waals surface area (Å²) in [6.45, 7) is 3.66. The maximum atomic E-state index is 12.3. The van der Waals surface area contributed by atoms with E-state index in [4.69, 9.17) is 4.74 Å². The summed E-state index contributed by atoms with van der Waals surface area (Å²) in [4.78, 5) is 30.2. The average Bonchev–Trinajstić information content (AvgIpc) is 3.26. The Morgan fingerprint density at radius 3 is 2.70 bits per heavy atom. The second kappa shape index (κ2) is 7.96. The fourth-order valence-electron chi connectivity index (χ4n) is 3.15. The van der Waals surface area contributed by atoms with Crippen LogP contribution in [0.5, 0.6) is 0 Å². The zero-order valence-electron chi connectivity index (χ0n) is 16.0. The van der Waals surface area contributed by atoms with Crippen molar-refractivity contribution in [2.24, 2.45) is 0 Å². The number of carbonyl (C=O) groups is 2. The standard InChI is InChI=1S/C21H24N2O3S/c1-13-7-9-17-16(12-13)15(20(22-17)18-6-5-11-27-18)8-10-19(24)26-14(2)21(25)23(3)4/h5-7,9,11-12,14,22H,8,10H2,1-4H3/t14-/m0/s1. The minimum absolute atomic E-state index is 0.217. The molecule has 5 nitrogen and oxygen atoms in total. The number of hydrogen-bond donors (Lipinski definition) is 1. The number of hydrogen-bond acceptors (Lipinski definition) is 4. The van der Waals surface area contributed by atoms with E-state index in [1.165, 1.54) is 10.5 Å². The monoisotopic (exact) mass is 384 g/mol. The number of nitrogens with one attached hydrogen (secondary N) is 1. The van der Waals surface area contributed by atoms with Gasteiger partial charge in [0.2, 0.25) is 0 Å². The Hall–Kier alpha value is -2.60. The number of fused-ring (bicyclic) bond motifs is 1. The minimum atomic E-state index is -0.769. The van der Waals surface area contributed by atoms with Crippen LogP contribution >= 0.6 is 11.3 Å². The maximum absolute atomic E-state index is 12.3. The first-order valence-corrected chi connectivity index (χ1v) is 9.80. The van der Waals surface area contributed by atoms with E-state index in [-0.39, 0.29) is 18.3 Å². The van der Waals surface area contributed by atoms with Crippen LogP contribution < -0.4 is 0 Å². The molecule has 2 aromatic heterocycles. The van der Waals surface area contributed by atoms with E-state index in [9.17, 15) is 9.59 Å². The lowest BCUT2D eigenvalue weighted by atomic mass is 10.0. The number of thiophene rings is 1. The van der Waals surface area contributed by atoms with Crippen molar-refractivity contribution in [3.05, 3.63) is 46.8 Å². The van der Waals surface area contributed by atoms with Crippen LogP contribution in [-0.4, -0.2) is 42.0 Å². The van der Waals surface area contributed by atoms with Crippen molar-refractivity contribution in [3.63, 3.8) is 0 Å². The van der Waals surface area contributed by atoms with Gasteiger partial charge in [0, 0.05) is 31.4 Å². The van der Waals surface area contributed by atoms with Crippen LogP contribution in [0.1, 0.15) is 24.5 Å². The third-order valence-corrected chi connectivity index (χ3v) is 5.39. The van der Waals surface area contributed by atoms with Crippen molar-refractivity contribution < 1.29 is 14.3 Å².